The minimum atomic E-state index is 0.189. The Balaban J connectivity index is 1.98. The van der Waals surface area contributed by atoms with E-state index in [2.05, 4.69) is 57.4 Å². The van der Waals surface area contributed by atoms with E-state index in [-0.39, 0.29) is 6.04 Å². The standard InChI is InChI=1S/C15H20N6/c1-3-13(16)9-12-6-4-5-11-7-8-21(15(11)12)10-14-17-19-20(2)18-14/h4-8,13H,3,9-10,16H2,1-2H3. The predicted octanol–water partition coefficient (Wildman–Crippen LogP) is 1.49. The van der Waals surface area contributed by atoms with Gasteiger partial charge in [0.15, 0.2) is 5.82 Å². The van der Waals surface area contributed by atoms with Crippen LogP contribution >= 0.6 is 0 Å². The molecule has 2 N–H and O–H groups in total. The van der Waals surface area contributed by atoms with E-state index < -0.39 is 0 Å². The molecule has 1 atom stereocenters. The number of fused-ring (bicyclic) bond motifs is 1. The molecule has 0 radical (unpaired) electrons. The number of para-hydroxylation sites is 1. The zero-order valence-corrected chi connectivity index (χ0v) is 12.4. The van der Waals surface area contributed by atoms with E-state index in [4.69, 9.17) is 5.73 Å². The Bertz CT molecular complexity index is 742. The summed E-state index contributed by atoms with van der Waals surface area (Å²) in [6.45, 7) is 2.74. The van der Waals surface area contributed by atoms with E-state index in [0.29, 0.717) is 12.4 Å². The van der Waals surface area contributed by atoms with Gasteiger partial charge in [-0.25, -0.2) is 0 Å². The fraction of sp³-hybridized carbons (Fsp3) is 0.400. The lowest BCUT2D eigenvalue weighted by molar-refractivity contribution is 0.625. The zero-order chi connectivity index (χ0) is 14.8. The van der Waals surface area contributed by atoms with Crippen LogP contribution in [0.2, 0.25) is 0 Å². The molecule has 3 aromatic rings. The van der Waals surface area contributed by atoms with Crippen molar-refractivity contribution in [1.29, 1.82) is 0 Å². The summed E-state index contributed by atoms with van der Waals surface area (Å²) in [4.78, 5) is 1.48. The summed E-state index contributed by atoms with van der Waals surface area (Å²) >= 11 is 0. The number of tetrazole rings is 1. The van der Waals surface area contributed by atoms with E-state index in [0.717, 1.165) is 12.8 Å². The van der Waals surface area contributed by atoms with Crippen molar-refractivity contribution in [3.8, 4) is 0 Å². The van der Waals surface area contributed by atoms with Crippen LogP contribution in [0.4, 0.5) is 0 Å². The van der Waals surface area contributed by atoms with Crippen LogP contribution in [0.15, 0.2) is 30.5 Å². The van der Waals surface area contributed by atoms with Crippen molar-refractivity contribution in [1.82, 2.24) is 24.8 Å². The van der Waals surface area contributed by atoms with Gasteiger partial charge in [0.1, 0.15) is 0 Å². The molecule has 1 aromatic carbocycles. The molecule has 2 aromatic heterocycles. The molecule has 1 unspecified atom stereocenters. The molecule has 110 valence electrons. The SMILES string of the molecule is CCC(N)Cc1cccc2ccn(Cc3nnn(C)n3)c12. The molecule has 2 heterocycles. The van der Waals surface area contributed by atoms with Crippen LogP contribution in [0.5, 0.6) is 0 Å². The van der Waals surface area contributed by atoms with Crippen molar-refractivity contribution >= 4 is 10.9 Å². The van der Waals surface area contributed by atoms with Gasteiger partial charge in [0.2, 0.25) is 0 Å². The Labute approximate surface area is 123 Å². The van der Waals surface area contributed by atoms with Gasteiger partial charge in [0.25, 0.3) is 0 Å². The molecule has 0 aliphatic heterocycles. The van der Waals surface area contributed by atoms with Crippen molar-refractivity contribution in [2.45, 2.75) is 32.4 Å². The average Bonchev–Trinajstić information content (AvgIpc) is 3.07. The lowest BCUT2D eigenvalue weighted by Gasteiger charge is -2.12. The maximum Gasteiger partial charge on any atom is 0.194 e. The largest absolute Gasteiger partial charge is 0.339 e. The van der Waals surface area contributed by atoms with Crippen LogP contribution in [0.1, 0.15) is 24.7 Å². The molecule has 0 aliphatic carbocycles. The van der Waals surface area contributed by atoms with Crippen molar-refractivity contribution in [2.24, 2.45) is 12.8 Å². The molecule has 0 spiro atoms. The van der Waals surface area contributed by atoms with Crippen LogP contribution in [-0.2, 0) is 20.0 Å². The summed E-state index contributed by atoms with van der Waals surface area (Å²) in [5.74, 6) is 0.713. The lowest BCUT2D eigenvalue weighted by Crippen LogP contribution is -2.21. The predicted molar refractivity (Wildman–Crippen MR) is 81.8 cm³/mol. The summed E-state index contributed by atoms with van der Waals surface area (Å²) < 4.78 is 2.17. The molecule has 0 amide bonds. The third-order valence-electron chi connectivity index (χ3n) is 3.74. The second-order valence-electron chi connectivity index (χ2n) is 5.37. The van der Waals surface area contributed by atoms with Crippen molar-refractivity contribution < 1.29 is 0 Å². The molecule has 6 heteroatoms. The quantitative estimate of drug-likeness (QED) is 0.770. The van der Waals surface area contributed by atoms with E-state index in [1.54, 1.807) is 7.05 Å². The molecule has 0 fully saturated rings. The fourth-order valence-electron chi connectivity index (χ4n) is 2.60. The molecule has 0 saturated carbocycles. The normalized spacial score (nSPS) is 12.9. The van der Waals surface area contributed by atoms with E-state index >= 15 is 0 Å². The van der Waals surface area contributed by atoms with Gasteiger partial charge in [-0.1, -0.05) is 25.1 Å². The van der Waals surface area contributed by atoms with Crippen molar-refractivity contribution in [3.05, 3.63) is 41.9 Å². The third-order valence-corrected chi connectivity index (χ3v) is 3.74. The minimum Gasteiger partial charge on any atom is -0.339 e. The molecule has 0 aliphatic rings. The number of hydrogen-bond donors (Lipinski definition) is 1. The van der Waals surface area contributed by atoms with E-state index in [9.17, 15) is 0 Å². The number of nitrogens with two attached hydrogens (primary N) is 1. The Kier molecular flexibility index (Phi) is 3.70. The highest BCUT2D eigenvalue weighted by Gasteiger charge is 2.11. The van der Waals surface area contributed by atoms with Gasteiger partial charge in [-0.15, -0.1) is 10.2 Å². The maximum atomic E-state index is 6.12. The van der Waals surface area contributed by atoms with Crippen LogP contribution < -0.4 is 5.73 Å². The molecule has 0 bridgehead atoms. The number of nitrogens with zero attached hydrogens (tertiary/aromatic N) is 5. The Hall–Kier alpha value is -2.21. The van der Waals surface area contributed by atoms with Crippen LogP contribution in [0.3, 0.4) is 0 Å². The van der Waals surface area contributed by atoms with Gasteiger partial charge in [0, 0.05) is 12.2 Å². The first kappa shape index (κ1) is 13.8. The Morgan fingerprint density at radius 3 is 2.86 bits per heavy atom. The van der Waals surface area contributed by atoms with Crippen molar-refractivity contribution in [2.75, 3.05) is 0 Å². The number of aryl methyl sites for hydroxylation is 1. The molecular formula is C15H20N6. The Morgan fingerprint density at radius 1 is 1.29 bits per heavy atom. The first-order chi connectivity index (χ1) is 10.2. The van der Waals surface area contributed by atoms with Crippen LogP contribution in [0, 0.1) is 0 Å². The summed E-state index contributed by atoms with van der Waals surface area (Å²) in [5.41, 5.74) is 8.61. The topological polar surface area (TPSA) is 74.6 Å². The smallest absolute Gasteiger partial charge is 0.194 e. The van der Waals surface area contributed by atoms with Gasteiger partial charge in [0.05, 0.1) is 19.1 Å². The molecule has 21 heavy (non-hydrogen) atoms. The van der Waals surface area contributed by atoms with E-state index in [1.807, 2.05) is 0 Å². The summed E-state index contributed by atoms with van der Waals surface area (Å²) in [6.07, 6.45) is 3.93. The molecule has 0 saturated heterocycles. The number of benzene rings is 1. The first-order valence-electron chi connectivity index (χ1n) is 7.22. The molecule has 6 nitrogen and oxygen atoms in total. The molecule has 3 rings (SSSR count). The summed E-state index contributed by atoms with van der Waals surface area (Å²) in [5, 5.41) is 13.4. The number of rotatable bonds is 5. The summed E-state index contributed by atoms with van der Waals surface area (Å²) in [6, 6.07) is 8.67. The van der Waals surface area contributed by atoms with Gasteiger partial charge < -0.3 is 10.3 Å². The lowest BCUT2D eigenvalue weighted by atomic mass is 10.0. The fourth-order valence-corrected chi connectivity index (χ4v) is 2.60. The van der Waals surface area contributed by atoms with Gasteiger partial charge in [-0.2, -0.15) is 4.80 Å². The second-order valence-corrected chi connectivity index (χ2v) is 5.37. The van der Waals surface area contributed by atoms with Crippen molar-refractivity contribution in [3.63, 3.8) is 0 Å². The highest BCUT2D eigenvalue weighted by atomic mass is 15.6. The third kappa shape index (κ3) is 2.80. The summed E-state index contributed by atoms with van der Waals surface area (Å²) in [7, 11) is 1.77. The van der Waals surface area contributed by atoms with Crippen LogP contribution in [-0.4, -0.2) is 30.8 Å². The van der Waals surface area contributed by atoms with Crippen LogP contribution in [0.25, 0.3) is 10.9 Å². The van der Waals surface area contributed by atoms with E-state index in [1.165, 1.54) is 21.3 Å². The molecular weight excluding hydrogens is 264 g/mol. The van der Waals surface area contributed by atoms with Gasteiger partial charge in [-0.3, -0.25) is 0 Å². The average molecular weight is 284 g/mol. The highest BCUT2D eigenvalue weighted by Crippen LogP contribution is 2.22. The first-order valence-corrected chi connectivity index (χ1v) is 7.22. The van der Waals surface area contributed by atoms with Gasteiger partial charge in [-0.05, 0) is 35.1 Å². The highest BCUT2D eigenvalue weighted by molar-refractivity contribution is 5.83. The number of hydrogen-bond acceptors (Lipinski definition) is 4. The minimum absolute atomic E-state index is 0.189. The maximum absolute atomic E-state index is 6.12. The number of aromatic nitrogens is 5. The monoisotopic (exact) mass is 284 g/mol. The Morgan fingerprint density at radius 2 is 2.14 bits per heavy atom. The second kappa shape index (κ2) is 5.65. The zero-order valence-electron chi connectivity index (χ0n) is 12.4. The van der Waals surface area contributed by atoms with Gasteiger partial charge >= 0.3 is 0 Å².